The van der Waals surface area contributed by atoms with Crippen LogP contribution < -0.4 is 10.6 Å². The molecule has 2 atom stereocenters. The zero-order valence-corrected chi connectivity index (χ0v) is 16.3. The number of alkyl carbamates (subject to hydrolysis) is 1. The Balaban J connectivity index is 1.90. The molecule has 28 heavy (non-hydrogen) atoms. The number of ether oxygens (including phenoxy) is 1. The van der Waals surface area contributed by atoms with Crippen LogP contribution in [0.5, 0.6) is 0 Å². The Morgan fingerprint density at radius 3 is 2.04 bits per heavy atom. The predicted molar refractivity (Wildman–Crippen MR) is 108 cm³/mol. The fourth-order valence-electron chi connectivity index (χ4n) is 2.78. The van der Waals surface area contributed by atoms with Gasteiger partial charge in [0, 0.05) is 0 Å². The van der Waals surface area contributed by atoms with Crippen LogP contribution in [-0.2, 0) is 22.6 Å². The minimum absolute atomic E-state index is 0.131. The molecular formula is C22H28N2O4. The Morgan fingerprint density at radius 2 is 1.50 bits per heavy atom. The van der Waals surface area contributed by atoms with E-state index in [-0.39, 0.29) is 25.0 Å². The van der Waals surface area contributed by atoms with Gasteiger partial charge in [0.1, 0.15) is 12.6 Å². The normalized spacial score (nSPS) is 12.9. The van der Waals surface area contributed by atoms with Gasteiger partial charge in [0.15, 0.2) is 0 Å². The molecular weight excluding hydrogens is 356 g/mol. The summed E-state index contributed by atoms with van der Waals surface area (Å²) in [4.78, 5) is 24.8. The van der Waals surface area contributed by atoms with Crippen molar-refractivity contribution in [1.82, 2.24) is 10.6 Å². The van der Waals surface area contributed by atoms with Crippen molar-refractivity contribution in [3.63, 3.8) is 0 Å². The molecule has 2 rings (SSSR count). The van der Waals surface area contributed by atoms with Crippen LogP contribution in [0.2, 0.25) is 0 Å². The van der Waals surface area contributed by atoms with E-state index in [0.717, 1.165) is 11.1 Å². The molecule has 6 nitrogen and oxygen atoms in total. The fraction of sp³-hybridized carbons (Fsp3) is 0.364. The van der Waals surface area contributed by atoms with Crippen molar-refractivity contribution in [2.45, 2.75) is 39.0 Å². The maximum Gasteiger partial charge on any atom is 0.408 e. The van der Waals surface area contributed by atoms with E-state index in [9.17, 15) is 14.7 Å². The van der Waals surface area contributed by atoms with E-state index in [0.29, 0.717) is 6.42 Å². The number of nitrogens with one attached hydrogen (secondary N) is 2. The molecule has 0 aliphatic heterocycles. The summed E-state index contributed by atoms with van der Waals surface area (Å²) in [7, 11) is 0. The Bertz CT molecular complexity index is 735. The average molecular weight is 384 g/mol. The first-order valence-electron chi connectivity index (χ1n) is 9.42. The summed E-state index contributed by atoms with van der Waals surface area (Å²) in [5, 5.41) is 15.1. The van der Waals surface area contributed by atoms with Crippen molar-refractivity contribution >= 4 is 12.0 Å². The van der Waals surface area contributed by atoms with Crippen molar-refractivity contribution in [3.05, 3.63) is 71.8 Å². The molecule has 0 aromatic heterocycles. The molecule has 6 heteroatoms. The smallest absolute Gasteiger partial charge is 0.408 e. The molecule has 150 valence electrons. The monoisotopic (exact) mass is 384 g/mol. The third-order valence-corrected chi connectivity index (χ3v) is 4.33. The number of hydrogen-bond acceptors (Lipinski definition) is 4. The number of carbonyl (C=O) groups excluding carboxylic acids is 2. The lowest BCUT2D eigenvalue weighted by molar-refractivity contribution is -0.125. The van der Waals surface area contributed by atoms with E-state index in [1.807, 2.05) is 74.5 Å². The van der Waals surface area contributed by atoms with Gasteiger partial charge in [0.25, 0.3) is 0 Å². The third kappa shape index (κ3) is 7.04. The molecule has 3 N–H and O–H groups in total. The number of hydrogen-bond donors (Lipinski definition) is 3. The number of carbonyl (C=O) groups is 2. The van der Waals surface area contributed by atoms with Gasteiger partial charge in [-0.15, -0.1) is 0 Å². The zero-order valence-electron chi connectivity index (χ0n) is 16.3. The summed E-state index contributed by atoms with van der Waals surface area (Å²) in [6.45, 7) is 3.62. The second-order valence-corrected chi connectivity index (χ2v) is 7.01. The summed E-state index contributed by atoms with van der Waals surface area (Å²) < 4.78 is 5.21. The number of aliphatic hydroxyl groups is 1. The largest absolute Gasteiger partial charge is 0.445 e. The third-order valence-electron chi connectivity index (χ3n) is 4.33. The van der Waals surface area contributed by atoms with E-state index in [1.54, 1.807) is 0 Å². The van der Waals surface area contributed by atoms with Crippen molar-refractivity contribution < 1.29 is 19.4 Å². The first kappa shape index (κ1) is 21.4. The molecule has 0 saturated carbocycles. The maximum absolute atomic E-state index is 12.7. The molecule has 2 amide bonds. The summed E-state index contributed by atoms with van der Waals surface area (Å²) in [5.74, 6) is -0.484. The molecule has 2 aromatic carbocycles. The number of rotatable bonds is 9. The summed E-state index contributed by atoms with van der Waals surface area (Å²) in [6, 6.07) is 17.7. The highest BCUT2D eigenvalue weighted by molar-refractivity contribution is 5.86. The van der Waals surface area contributed by atoms with Gasteiger partial charge in [-0.2, -0.15) is 0 Å². The number of aliphatic hydroxyl groups excluding tert-OH is 1. The van der Waals surface area contributed by atoms with E-state index >= 15 is 0 Å². The van der Waals surface area contributed by atoms with Crippen LogP contribution in [0.3, 0.4) is 0 Å². The SMILES string of the molecule is CC(C)[C@H](NC(=O)OCc1ccccc1)C(=O)N[C@H](CO)Cc1ccccc1. The van der Waals surface area contributed by atoms with Crippen molar-refractivity contribution in [1.29, 1.82) is 0 Å². The van der Waals surface area contributed by atoms with E-state index in [1.165, 1.54) is 0 Å². The van der Waals surface area contributed by atoms with Crippen molar-refractivity contribution in [3.8, 4) is 0 Å². The second kappa shape index (κ2) is 11.1. The van der Waals surface area contributed by atoms with Crippen LogP contribution in [0.1, 0.15) is 25.0 Å². The van der Waals surface area contributed by atoms with Gasteiger partial charge in [0.2, 0.25) is 5.91 Å². The topological polar surface area (TPSA) is 87.7 Å². The van der Waals surface area contributed by atoms with Gasteiger partial charge < -0.3 is 20.5 Å². The Kier molecular flexibility index (Phi) is 8.49. The second-order valence-electron chi connectivity index (χ2n) is 7.01. The quantitative estimate of drug-likeness (QED) is 0.620. The molecule has 0 unspecified atom stereocenters. The van der Waals surface area contributed by atoms with E-state index < -0.39 is 18.2 Å². The molecule has 0 fully saturated rings. The summed E-state index contributed by atoms with van der Waals surface area (Å²) >= 11 is 0. The van der Waals surface area contributed by atoms with E-state index in [2.05, 4.69) is 10.6 Å². The lowest BCUT2D eigenvalue weighted by atomic mass is 10.0. The lowest BCUT2D eigenvalue weighted by Gasteiger charge is -2.24. The molecule has 0 aliphatic carbocycles. The van der Waals surface area contributed by atoms with E-state index in [4.69, 9.17) is 4.74 Å². The van der Waals surface area contributed by atoms with Gasteiger partial charge in [-0.1, -0.05) is 74.5 Å². The van der Waals surface area contributed by atoms with Crippen molar-refractivity contribution in [2.24, 2.45) is 5.92 Å². The summed E-state index contributed by atoms with van der Waals surface area (Å²) in [6.07, 6.45) is -0.145. The lowest BCUT2D eigenvalue weighted by Crippen LogP contribution is -2.53. The van der Waals surface area contributed by atoms with Gasteiger partial charge in [0.05, 0.1) is 12.6 Å². The van der Waals surface area contributed by atoms with Gasteiger partial charge in [-0.3, -0.25) is 4.79 Å². The minimum Gasteiger partial charge on any atom is -0.445 e. The molecule has 0 bridgehead atoms. The first-order chi connectivity index (χ1) is 13.5. The molecule has 0 spiro atoms. The van der Waals surface area contributed by atoms with Crippen molar-refractivity contribution in [2.75, 3.05) is 6.61 Å². The van der Waals surface area contributed by atoms with Crippen LogP contribution >= 0.6 is 0 Å². The molecule has 0 aliphatic rings. The van der Waals surface area contributed by atoms with Crippen LogP contribution in [0.15, 0.2) is 60.7 Å². The van der Waals surface area contributed by atoms with Gasteiger partial charge in [-0.05, 0) is 23.5 Å². The van der Waals surface area contributed by atoms with Crippen LogP contribution in [-0.4, -0.2) is 35.8 Å². The highest BCUT2D eigenvalue weighted by atomic mass is 16.5. The molecule has 2 aromatic rings. The Morgan fingerprint density at radius 1 is 0.929 bits per heavy atom. The first-order valence-corrected chi connectivity index (χ1v) is 9.42. The van der Waals surface area contributed by atoms with Gasteiger partial charge in [-0.25, -0.2) is 4.79 Å². The average Bonchev–Trinajstić information content (AvgIpc) is 2.71. The standard InChI is InChI=1S/C22H28N2O4/c1-16(2)20(24-22(27)28-15-18-11-7-4-8-12-18)21(26)23-19(14-25)13-17-9-5-3-6-10-17/h3-12,16,19-20,25H,13-15H2,1-2H3,(H,23,26)(H,24,27)/t19-,20-/m0/s1. The minimum atomic E-state index is -0.756. The fourth-order valence-corrected chi connectivity index (χ4v) is 2.78. The highest BCUT2D eigenvalue weighted by Crippen LogP contribution is 2.07. The number of amides is 2. The molecule has 0 heterocycles. The Labute approximate surface area is 165 Å². The van der Waals surface area contributed by atoms with Gasteiger partial charge >= 0.3 is 6.09 Å². The van der Waals surface area contributed by atoms with Crippen LogP contribution in [0, 0.1) is 5.92 Å². The molecule has 0 saturated heterocycles. The molecule has 0 radical (unpaired) electrons. The predicted octanol–water partition coefficient (Wildman–Crippen LogP) is 2.66. The number of benzene rings is 2. The van der Waals surface area contributed by atoms with Crippen LogP contribution in [0.25, 0.3) is 0 Å². The maximum atomic E-state index is 12.7. The summed E-state index contributed by atoms with van der Waals surface area (Å²) in [5.41, 5.74) is 1.88. The van der Waals surface area contributed by atoms with Crippen LogP contribution in [0.4, 0.5) is 4.79 Å². The highest BCUT2D eigenvalue weighted by Gasteiger charge is 2.26. The zero-order chi connectivity index (χ0) is 20.4. The Hall–Kier alpha value is -2.86.